The molecule has 0 saturated heterocycles. The van der Waals surface area contributed by atoms with Crippen LogP contribution in [0.1, 0.15) is 42.6 Å². The Labute approximate surface area is 149 Å². The molecule has 0 spiro atoms. The van der Waals surface area contributed by atoms with Gasteiger partial charge in [-0.1, -0.05) is 12.1 Å². The van der Waals surface area contributed by atoms with E-state index in [0.29, 0.717) is 30.5 Å². The van der Waals surface area contributed by atoms with Gasteiger partial charge in [-0.3, -0.25) is 4.79 Å². The number of rotatable bonds is 6. The van der Waals surface area contributed by atoms with Gasteiger partial charge in [-0.05, 0) is 43.4 Å². The molecule has 0 radical (unpaired) electrons. The van der Waals surface area contributed by atoms with Crippen LogP contribution in [0.25, 0.3) is 0 Å². The van der Waals surface area contributed by atoms with Crippen LogP contribution >= 0.6 is 0 Å². The summed E-state index contributed by atoms with van der Waals surface area (Å²) in [5, 5.41) is 0. The molecule has 138 valence electrons. The maximum absolute atomic E-state index is 12.9. The van der Waals surface area contributed by atoms with E-state index in [2.05, 4.69) is 4.98 Å². The molecular weight excluding hydrogens is 343 g/mol. The molecule has 1 aromatic carbocycles. The van der Waals surface area contributed by atoms with Crippen LogP contribution in [0.5, 0.6) is 0 Å². The number of imidazole rings is 1. The zero-order valence-electron chi connectivity index (χ0n) is 14.2. The standard InChI is InChI=1S/C19H20F3N3O/c20-19(21,22)15-3-1-2-13(10-15)11-24-9-8-23-17(24)12-25(16-6-7-16)18(26)14-4-5-14/h1-3,8-10,14,16H,4-7,11-12H2. The number of nitrogens with zero attached hydrogens (tertiary/aromatic N) is 3. The molecule has 1 aromatic heterocycles. The number of hydrogen-bond donors (Lipinski definition) is 0. The van der Waals surface area contributed by atoms with Crippen molar-refractivity contribution in [1.82, 2.24) is 14.5 Å². The van der Waals surface area contributed by atoms with Crippen LogP contribution in [0.3, 0.4) is 0 Å². The third-order valence-electron chi connectivity index (χ3n) is 4.92. The van der Waals surface area contributed by atoms with Crippen molar-refractivity contribution < 1.29 is 18.0 Å². The van der Waals surface area contributed by atoms with Crippen molar-refractivity contribution in [3.63, 3.8) is 0 Å². The predicted octanol–water partition coefficient (Wildman–Crippen LogP) is 3.85. The van der Waals surface area contributed by atoms with E-state index in [1.165, 1.54) is 6.07 Å². The van der Waals surface area contributed by atoms with E-state index in [1.807, 2.05) is 9.47 Å². The van der Waals surface area contributed by atoms with Gasteiger partial charge in [0.05, 0.1) is 12.1 Å². The lowest BCUT2D eigenvalue weighted by Crippen LogP contribution is -2.34. The molecule has 2 aliphatic rings. The SMILES string of the molecule is O=C(C1CC1)N(Cc1nccn1Cc1cccc(C(F)(F)F)c1)C1CC1. The van der Waals surface area contributed by atoms with Crippen molar-refractivity contribution in [2.45, 2.75) is 51.0 Å². The fourth-order valence-corrected chi connectivity index (χ4v) is 3.17. The van der Waals surface area contributed by atoms with Crippen molar-refractivity contribution in [2.24, 2.45) is 5.92 Å². The zero-order chi connectivity index (χ0) is 18.3. The first kappa shape index (κ1) is 17.1. The van der Waals surface area contributed by atoms with E-state index < -0.39 is 11.7 Å². The molecular formula is C19H20F3N3O. The molecule has 2 fully saturated rings. The van der Waals surface area contributed by atoms with Crippen LogP contribution < -0.4 is 0 Å². The predicted molar refractivity (Wildman–Crippen MR) is 89.1 cm³/mol. The van der Waals surface area contributed by atoms with Crippen LogP contribution in [0.2, 0.25) is 0 Å². The second-order valence-electron chi connectivity index (χ2n) is 7.14. The minimum Gasteiger partial charge on any atom is -0.332 e. The largest absolute Gasteiger partial charge is 0.416 e. The highest BCUT2D eigenvalue weighted by molar-refractivity contribution is 5.81. The van der Waals surface area contributed by atoms with Crippen molar-refractivity contribution in [1.29, 1.82) is 0 Å². The average molecular weight is 363 g/mol. The Bertz CT molecular complexity index is 806. The Morgan fingerprint density at radius 2 is 2.00 bits per heavy atom. The van der Waals surface area contributed by atoms with Gasteiger partial charge in [0.2, 0.25) is 5.91 Å². The van der Waals surface area contributed by atoms with E-state index in [1.54, 1.807) is 18.5 Å². The molecule has 4 nitrogen and oxygen atoms in total. The quantitative estimate of drug-likeness (QED) is 0.782. The van der Waals surface area contributed by atoms with Crippen LogP contribution in [-0.4, -0.2) is 26.4 Å². The Kier molecular flexibility index (Phi) is 4.25. The van der Waals surface area contributed by atoms with Crippen molar-refractivity contribution in [2.75, 3.05) is 0 Å². The Morgan fingerprint density at radius 1 is 1.23 bits per heavy atom. The highest BCUT2D eigenvalue weighted by atomic mass is 19.4. The molecule has 1 heterocycles. The lowest BCUT2D eigenvalue weighted by molar-refractivity contribution is -0.137. The molecule has 2 saturated carbocycles. The van der Waals surface area contributed by atoms with Gasteiger partial charge >= 0.3 is 6.18 Å². The lowest BCUT2D eigenvalue weighted by Gasteiger charge is -2.22. The Hall–Kier alpha value is -2.31. The third-order valence-corrected chi connectivity index (χ3v) is 4.92. The number of carbonyl (C=O) groups excluding carboxylic acids is 1. The molecule has 0 N–H and O–H groups in total. The first-order valence-corrected chi connectivity index (χ1v) is 8.88. The summed E-state index contributed by atoms with van der Waals surface area (Å²) in [6, 6.07) is 5.62. The third kappa shape index (κ3) is 3.76. The Balaban J connectivity index is 1.51. The summed E-state index contributed by atoms with van der Waals surface area (Å²) in [4.78, 5) is 18.7. The normalized spacial score (nSPS) is 17.3. The number of benzene rings is 1. The van der Waals surface area contributed by atoms with Gasteiger partial charge in [-0.2, -0.15) is 13.2 Å². The highest BCUT2D eigenvalue weighted by Crippen LogP contribution is 2.36. The van der Waals surface area contributed by atoms with Gasteiger partial charge in [0.15, 0.2) is 0 Å². The summed E-state index contributed by atoms with van der Waals surface area (Å²) in [6.45, 7) is 0.724. The highest BCUT2D eigenvalue weighted by Gasteiger charge is 2.40. The molecule has 2 aromatic rings. The molecule has 1 amide bonds. The molecule has 0 bridgehead atoms. The first-order valence-electron chi connectivity index (χ1n) is 8.88. The van der Waals surface area contributed by atoms with Gasteiger partial charge in [-0.25, -0.2) is 4.98 Å². The minimum absolute atomic E-state index is 0.155. The second-order valence-corrected chi connectivity index (χ2v) is 7.14. The van der Waals surface area contributed by atoms with E-state index >= 15 is 0 Å². The number of alkyl halides is 3. The van der Waals surface area contributed by atoms with Gasteiger partial charge in [0.25, 0.3) is 0 Å². The number of amides is 1. The molecule has 2 aliphatic carbocycles. The van der Waals surface area contributed by atoms with Gasteiger partial charge in [0.1, 0.15) is 5.82 Å². The molecule has 0 unspecified atom stereocenters. The summed E-state index contributed by atoms with van der Waals surface area (Å²) >= 11 is 0. The summed E-state index contributed by atoms with van der Waals surface area (Å²) < 4.78 is 40.5. The molecule has 26 heavy (non-hydrogen) atoms. The van der Waals surface area contributed by atoms with Crippen molar-refractivity contribution in [3.8, 4) is 0 Å². The number of aromatic nitrogens is 2. The zero-order valence-corrected chi connectivity index (χ0v) is 14.2. The average Bonchev–Trinajstić information content (AvgIpc) is 3.51. The fraction of sp³-hybridized carbons (Fsp3) is 0.474. The molecule has 4 rings (SSSR count). The van der Waals surface area contributed by atoms with Crippen molar-refractivity contribution >= 4 is 5.91 Å². The smallest absolute Gasteiger partial charge is 0.332 e. The van der Waals surface area contributed by atoms with E-state index in [0.717, 1.165) is 37.8 Å². The van der Waals surface area contributed by atoms with Crippen LogP contribution in [0.4, 0.5) is 13.2 Å². The van der Waals surface area contributed by atoms with Gasteiger partial charge in [0, 0.05) is 30.9 Å². The number of carbonyl (C=O) groups is 1. The van der Waals surface area contributed by atoms with Crippen LogP contribution in [0.15, 0.2) is 36.7 Å². The Morgan fingerprint density at radius 3 is 2.65 bits per heavy atom. The lowest BCUT2D eigenvalue weighted by atomic mass is 10.1. The maximum atomic E-state index is 12.9. The minimum atomic E-state index is -4.35. The number of hydrogen-bond acceptors (Lipinski definition) is 2. The van der Waals surface area contributed by atoms with E-state index in [4.69, 9.17) is 0 Å². The summed E-state index contributed by atoms with van der Waals surface area (Å²) in [5.41, 5.74) is -0.0919. The van der Waals surface area contributed by atoms with Gasteiger partial charge < -0.3 is 9.47 Å². The first-order chi connectivity index (χ1) is 12.4. The molecule has 0 atom stereocenters. The summed E-state index contributed by atoms with van der Waals surface area (Å²) in [5.74, 6) is 1.06. The van der Waals surface area contributed by atoms with Crippen molar-refractivity contribution in [3.05, 3.63) is 53.6 Å². The fourth-order valence-electron chi connectivity index (χ4n) is 3.17. The van der Waals surface area contributed by atoms with Crippen LogP contribution in [-0.2, 0) is 24.1 Å². The van der Waals surface area contributed by atoms with Gasteiger partial charge in [-0.15, -0.1) is 0 Å². The topological polar surface area (TPSA) is 38.1 Å². The number of halogens is 3. The molecule has 7 heteroatoms. The second kappa shape index (κ2) is 6.45. The molecule has 0 aliphatic heterocycles. The monoisotopic (exact) mass is 363 g/mol. The summed E-state index contributed by atoms with van der Waals surface area (Å²) in [6.07, 6.45) is 2.99. The maximum Gasteiger partial charge on any atom is 0.416 e. The van der Waals surface area contributed by atoms with E-state index in [9.17, 15) is 18.0 Å². The summed E-state index contributed by atoms with van der Waals surface area (Å²) in [7, 11) is 0. The van der Waals surface area contributed by atoms with E-state index in [-0.39, 0.29) is 11.8 Å². The van der Waals surface area contributed by atoms with Crippen LogP contribution in [0, 0.1) is 5.92 Å².